The number of methoxy groups -OCH3 is 1. The molecule has 1 saturated heterocycles. The van der Waals surface area contributed by atoms with E-state index in [-0.39, 0.29) is 42.9 Å². The minimum Gasteiger partial charge on any atom is -0.381 e. The van der Waals surface area contributed by atoms with E-state index in [9.17, 15) is 4.79 Å². The maximum Gasteiger partial charge on any atom is 0.256 e. The molecule has 5 nitrogen and oxygen atoms in total. The lowest BCUT2D eigenvalue weighted by Crippen LogP contribution is -2.51. The van der Waals surface area contributed by atoms with E-state index in [1.807, 2.05) is 35.2 Å². The molecule has 1 aliphatic rings. The number of rotatable bonds is 3. The number of amides is 1. The van der Waals surface area contributed by atoms with Gasteiger partial charge in [-0.15, -0.1) is 24.8 Å². The second-order valence-corrected chi connectivity index (χ2v) is 5.65. The first-order chi connectivity index (χ1) is 10.7. The van der Waals surface area contributed by atoms with E-state index in [0.29, 0.717) is 18.7 Å². The summed E-state index contributed by atoms with van der Waals surface area (Å²) in [6, 6.07) is 9.58. The SMILES string of the molecule is COC1CCN(C(=O)c2cccc3cccnc23)C(CN)C1.Cl.Cl. The van der Waals surface area contributed by atoms with Gasteiger partial charge in [0.25, 0.3) is 5.91 Å². The summed E-state index contributed by atoms with van der Waals surface area (Å²) in [5.74, 6) is 0.00861. The van der Waals surface area contributed by atoms with Gasteiger partial charge >= 0.3 is 0 Å². The number of nitrogens with two attached hydrogens (primary N) is 1. The van der Waals surface area contributed by atoms with Crippen LogP contribution < -0.4 is 5.73 Å². The number of pyridine rings is 1. The molecule has 2 N–H and O–H groups in total. The van der Waals surface area contributed by atoms with Crippen molar-refractivity contribution < 1.29 is 9.53 Å². The quantitative estimate of drug-likeness (QED) is 0.900. The number of piperidine rings is 1. The number of fused-ring (bicyclic) bond motifs is 1. The van der Waals surface area contributed by atoms with Crippen LogP contribution in [0.15, 0.2) is 36.5 Å². The number of aromatic nitrogens is 1. The van der Waals surface area contributed by atoms with Gasteiger partial charge < -0.3 is 15.4 Å². The van der Waals surface area contributed by atoms with E-state index in [1.54, 1.807) is 13.3 Å². The molecule has 1 aromatic carbocycles. The largest absolute Gasteiger partial charge is 0.381 e. The maximum absolute atomic E-state index is 13.0. The van der Waals surface area contributed by atoms with Crippen LogP contribution in [-0.2, 0) is 4.74 Å². The van der Waals surface area contributed by atoms with Crippen LogP contribution in [0.3, 0.4) is 0 Å². The molecule has 1 fully saturated rings. The van der Waals surface area contributed by atoms with Gasteiger partial charge in [-0.3, -0.25) is 9.78 Å². The van der Waals surface area contributed by atoms with Crippen LogP contribution in [0.25, 0.3) is 10.9 Å². The minimum atomic E-state index is 0. The topological polar surface area (TPSA) is 68.5 Å². The predicted molar refractivity (Wildman–Crippen MR) is 100 cm³/mol. The van der Waals surface area contributed by atoms with Gasteiger partial charge in [0.15, 0.2) is 0 Å². The molecule has 132 valence electrons. The number of ether oxygens (including phenoxy) is 1. The molecule has 2 heterocycles. The Labute approximate surface area is 154 Å². The third-order valence-electron chi connectivity index (χ3n) is 4.40. The summed E-state index contributed by atoms with van der Waals surface area (Å²) in [5.41, 5.74) is 7.27. The van der Waals surface area contributed by atoms with Gasteiger partial charge in [-0.05, 0) is 25.0 Å². The van der Waals surface area contributed by atoms with Crippen molar-refractivity contribution in [2.75, 3.05) is 20.2 Å². The van der Waals surface area contributed by atoms with Crippen LogP contribution in [-0.4, -0.2) is 48.1 Å². The van der Waals surface area contributed by atoms with Crippen molar-refractivity contribution in [3.8, 4) is 0 Å². The van der Waals surface area contributed by atoms with E-state index in [0.717, 1.165) is 23.7 Å². The van der Waals surface area contributed by atoms with E-state index >= 15 is 0 Å². The molecule has 0 saturated carbocycles. The summed E-state index contributed by atoms with van der Waals surface area (Å²) in [6.45, 7) is 1.12. The van der Waals surface area contributed by atoms with E-state index in [2.05, 4.69) is 4.98 Å². The Morgan fingerprint density at radius 2 is 2.08 bits per heavy atom. The highest BCUT2D eigenvalue weighted by Crippen LogP contribution is 2.24. The van der Waals surface area contributed by atoms with Crippen LogP contribution >= 0.6 is 24.8 Å². The molecule has 1 aromatic heterocycles. The smallest absolute Gasteiger partial charge is 0.256 e. The molecule has 1 aliphatic heterocycles. The molecule has 7 heteroatoms. The van der Waals surface area contributed by atoms with Crippen LogP contribution in [0.4, 0.5) is 0 Å². The van der Waals surface area contributed by atoms with Crippen LogP contribution in [0.2, 0.25) is 0 Å². The molecule has 2 unspecified atom stereocenters. The number of hydrogen-bond donors (Lipinski definition) is 1. The van der Waals surface area contributed by atoms with E-state index in [1.165, 1.54) is 0 Å². The van der Waals surface area contributed by atoms with Crippen molar-refractivity contribution in [1.29, 1.82) is 0 Å². The lowest BCUT2D eigenvalue weighted by atomic mass is 9.97. The maximum atomic E-state index is 13.0. The van der Waals surface area contributed by atoms with Crippen LogP contribution in [0.5, 0.6) is 0 Å². The van der Waals surface area contributed by atoms with E-state index < -0.39 is 0 Å². The number of hydrogen-bond acceptors (Lipinski definition) is 4. The van der Waals surface area contributed by atoms with Gasteiger partial charge in [-0.2, -0.15) is 0 Å². The number of para-hydroxylation sites is 1. The average molecular weight is 372 g/mol. The number of nitrogens with zero attached hydrogens (tertiary/aromatic N) is 2. The van der Waals surface area contributed by atoms with Crippen molar-refractivity contribution in [2.45, 2.75) is 25.0 Å². The Bertz CT molecular complexity index is 678. The zero-order chi connectivity index (χ0) is 15.5. The van der Waals surface area contributed by atoms with Crippen molar-refractivity contribution in [3.63, 3.8) is 0 Å². The van der Waals surface area contributed by atoms with Crippen LogP contribution in [0.1, 0.15) is 23.2 Å². The molecular formula is C17H23Cl2N3O2. The average Bonchev–Trinajstić information content (AvgIpc) is 2.60. The third kappa shape index (κ3) is 3.98. The summed E-state index contributed by atoms with van der Waals surface area (Å²) >= 11 is 0. The highest BCUT2D eigenvalue weighted by molar-refractivity contribution is 6.05. The third-order valence-corrected chi connectivity index (χ3v) is 4.40. The fourth-order valence-electron chi connectivity index (χ4n) is 3.15. The summed E-state index contributed by atoms with van der Waals surface area (Å²) in [6.07, 6.45) is 3.54. The van der Waals surface area contributed by atoms with Gasteiger partial charge in [-0.25, -0.2) is 0 Å². The van der Waals surface area contributed by atoms with Gasteiger partial charge in [-0.1, -0.05) is 18.2 Å². The molecule has 2 atom stereocenters. The highest BCUT2D eigenvalue weighted by atomic mass is 35.5. The highest BCUT2D eigenvalue weighted by Gasteiger charge is 2.32. The summed E-state index contributed by atoms with van der Waals surface area (Å²) in [5, 5.41) is 0.976. The molecule has 0 radical (unpaired) electrons. The lowest BCUT2D eigenvalue weighted by molar-refractivity contribution is 0.0140. The standard InChI is InChI=1S/C17H21N3O2.2ClH/c1-22-14-7-9-20(13(10-14)11-18)17(21)15-6-2-4-12-5-3-8-19-16(12)15;;/h2-6,8,13-14H,7,9-11,18H2,1H3;2*1H. The second kappa shape index (κ2) is 9.18. The Morgan fingerprint density at radius 1 is 1.33 bits per heavy atom. The number of halogens is 2. The van der Waals surface area contributed by atoms with Gasteiger partial charge in [0, 0.05) is 37.8 Å². The molecule has 24 heavy (non-hydrogen) atoms. The van der Waals surface area contributed by atoms with Crippen LogP contribution in [0, 0.1) is 0 Å². The van der Waals surface area contributed by atoms with Gasteiger partial charge in [0.05, 0.1) is 17.2 Å². The van der Waals surface area contributed by atoms with E-state index in [4.69, 9.17) is 10.5 Å². The Hall–Kier alpha value is -1.40. The molecule has 2 aromatic rings. The predicted octanol–water partition coefficient (Wildman–Crippen LogP) is 2.66. The molecule has 1 amide bonds. The number of benzene rings is 1. The molecule has 0 spiro atoms. The summed E-state index contributed by atoms with van der Waals surface area (Å²) in [7, 11) is 1.71. The number of carbonyl (C=O) groups is 1. The summed E-state index contributed by atoms with van der Waals surface area (Å²) < 4.78 is 5.42. The first-order valence-electron chi connectivity index (χ1n) is 7.62. The number of likely N-dealkylation sites (tertiary alicyclic amines) is 1. The van der Waals surface area contributed by atoms with Crippen molar-refractivity contribution >= 4 is 41.6 Å². The van der Waals surface area contributed by atoms with Gasteiger partial charge in [0.2, 0.25) is 0 Å². The molecule has 0 aliphatic carbocycles. The van der Waals surface area contributed by atoms with Crippen molar-refractivity contribution in [1.82, 2.24) is 9.88 Å². The molecule has 3 rings (SSSR count). The fraction of sp³-hybridized carbons (Fsp3) is 0.412. The Morgan fingerprint density at radius 3 is 2.79 bits per heavy atom. The Balaban J connectivity index is 0.00000144. The van der Waals surface area contributed by atoms with Crippen molar-refractivity contribution in [2.24, 2.45) is 5.73 Å². The zero-order valence-electron chi connectivity index (χ0n) is 13.6. The molecule has 0 bridgehead atoms. The van der Waals surface area contributed by atoms with Gasteiger partial charge in [0.1, 0.15) is 0 Å². The first kappa shape index (κ1) is 20.6. The fourth-order valence-corrected chi connectivity index (χ4v) is 3.15. The second-order valence-electron chi connectivity index (χ2n) is 5.65. The zero-order valence-corrected chi connectivity index (χ0v) is 15.2. The summed E-state index contributed by atoms with van der Waals surface area (Å²) in [4.78, 5) is 19.2. The molecular weight excluding hydrogens is 349 g/mol. The normalized spacial score (nSPS) is 20.2. The van der Waals surface area contributed by atoms with Crippen molar-refractivity contribution in [3.05, 3.63) is 42.1 Å². The first-order valence-corrected chi connectivity index (χ1v) is 7.62. The monoisotopic (exact) mass is 371 g/mol. The lowest BCUT2D eigenvalue weighted by Gasteiger charge is -2.38. The number of carbonyl (C=O) groups excluding carboxylic acids is 1. The minimum absolute atomic E-state index is 0. The Kier molecular flexibility index (Phi) is 7.90.